The number of aliphatic hydroxyl groups excluding tert-OH is 10. The lowest BCUT2D eigenvalue weighted by Gasteiger charge is -2.48. The summed E-state index contributed by atoms with van der Waals surface area (Å²) in [5.74, 6) is 0. The van der Waals surface area contributed by atoms with Crippen LogP contribution in [0.4, 0.5) is 0 Å². The minimum absolute atomic E-state index is 0.739. The van der Waals surface area contributed by atoms with Gasteiger partial charge in [-0.3, -0.25) is 0 Å². The van der Waals surface area contributed by atoms with Crippen molar-refractivity contribution in [1.82, 2.24) is 0 Å². The fraction of sp³-hybridized carbons (Fsp3) is 1.00. The zero-order valence-corrected chi connectivity index (χ0v) is 17.6. The van der Waals surface area contributed by atoms with E-state index in [4.69, 9.17) is 23.7 Å². The Morgan fingerprint density at radius 2 is 1.06 bits per heavy atom. The van der Waals surface area contributed by atoms with Gasteiger partial charge in [-0.1, -0.05) is 0 Å². The zero-order chi connectivity index (χ0) is 24.6. The molecule has 15 heteroatoms. The second-order valence-corrected chi connectivity index (χ2v) is 8.32. The van der Waals surface area contributed by atoms with E-state index in [1.165, 1.54) is 6.92 Å². The number of rotatable bonds is 6. The molecule has 0 radical (unpaired) electrons. The molecule has 15 atom stereocenters. The van der Waals surface area contributed by atoms with Gasteiger partial charge in [0.1, 0.15) is 67.1 Å². The highest BCUT2D eigenvalue weighted by molar-refractivity contribution is 4.96. The summed E-state index contributed by atoms with van der Waals surface area (Å²) in [6.07, 6.45) is -24.0. The van der Waals surface area contributed by atoms with Crippen molar-refractivity contribution in [3.63, 3.8) is 0 Å². The first-order chi connectivity index (χ1) is 15.5. The predicted molar refractivity (Wildman–Crippen MR) is 99.8 cm³/mol. The van der Waals surface area contributed by atoms with Crippen molar-refractivity contribution in [2.24, 2.45) is 0 Å². The van der Waals surface area contributed by atoms with Crippen LogP contribution in [-0.2, 0) is 23.7 Å². The topological polar surface area (TPSA) is 248 Å². The smallest absolute Gasteiger partial charge is 0.187 e. The molecule has 10 N–H and O–H groups in total. The van der Waals surface area contributed by atoms with Gasteiger partial charge >= 0.3 is 0 Å². The fourth-order valence-electron chi connectivity index (χ4n) is 3.99. The lowest BCUT2D eigenvalue weighted by Crippen LogP contribution is -2.66. The SMILES string of the molecule is CC1O[C@@H](OC2[C@H](O)C(O)OC(CO)[C@H]2O[C@@H]2O[C@@H](CO)[C@H](O)C(O)C2O)C(O)[C@@H](O)[C@@H]1O. The first kappa shape index (κ1) is 27.0. The van der Waals surface area contributed by atoms with Crippen molar-refractivity contribution in [2.75, 3.05) is 13.2 Å². The maximum Gasteiger partial charge on any atom is 0.187 e. The van der Waals surface area contributed by atoms with Crippen molar-refractivity contribution in [1.29, 1.82) is 0 Å². The Labute approximate surface area is 187 Å². The van der Waals surface area contributed by atoms with E-state index in [9.17, 15) is 51.1 Å². The first-order valence-electron chi connectivity index (χ1n) is 10.4. The summed E-state index contributed by atoms with van der Waals surface area (Å²) in [6, 6.07) is 0. The minimum atomic E-state index is -1.88. The van der Waals surface area contributed by atoms with E-state index < -0.39 is 105 Å². The number of hydrogen-bond acceptors (Lipinski definition) is 15. The monoisotopic (exact) mass is 488 g/mol. The molecule has 0 spiro atoms. The molecule has 15 nitrogen and oxygen atoms in total. The van der Waals surface area contributed by atoms with Crippen LogP contribution in [0.1, 0.15) is 6.92 Å². The summed E-state index contributed by atoms with van der Waals surface area (Å²) in [6.45, 7) is -0.127. The third kappa shape index (κ3) is 5.32. The highest BCUT2D eigenvalue weighted by atomic mass is 16.8. The third-order valence-electron chi connectivity index (χ3n) is 6.05. The Morgan fingerprint density at radius 3 is 1.64 bits per heavy atom. The molecule has 0 saturated carbocycles. The summed E-state index contributed by atoms with van der Waals surface area (Å²) in [5, 5.41) is 99.8. The molecular weight excluding hydrogens is 456 g/mol. The highest BCUT2D eigenvalue weighted by Gasteiger charge is 2.53. The molecule has 0 aliphatic carbocycles. The minimum Gasteiger partial charge on any atom is -0.394 e. The fourth-order valence-corrected chi connectivity index (χ4v) is 3.99. The summed E-state index contributed by atoms with van der Waals surface area (Å²) in [5.41, 5.74) is 0. The van der Waals surface area contributed by atoms with Crippen molar-refractivity contribution in [2.45, 2.75) is 99.0 Å². The van der Waals surface area contributed by atoms with Gasteiger partial charge in [-0.05, 0) is 6.92 Å². The van der Waals surface area contributed by atoms with E-state index in [0.29, 0.717) is 0 Å². The van der Waals surface area contributed by atoms with E-state index in [1.807, 2.05) is 0 Å². The largest absolute Gasteiger partial charge is 0.394 e. The van der Waals surface area contributed by atoms with Crippen LogP contribution in [0.15, 0.2) is 0 Å². The molecule has 3 saturated heterocycles. The molecule has 3 aliphatic heterocycles. The van der Waals surface area contributed by atoms with Crippen LogP contribution in [0.2, 0.25) is 0 Å². The van der Waals surface area contributed by atoms with Gasteiger partial charge in [0.2, 0.25) is 0 Å². The number of hydrogen-bond donors (Lipinski definition) is 10. The lowest BCUT2D eigenvalue weighted by molar-refractivity contribution is -0.382. The van der Waals surface area contributed by atoms with Gasteiger partial charge in [0.15, 0.2) is 18.9 Å². The van der Waals surface area contributed by atoms with E-state index in [0.717, 1.165) is 0 Å². The van der Waals surface area contributed by atoms with Crippen LogP contribution in [0.3, 0.4) is 0 Å². The zero-order valence-electron chi connectivity index (χ0n) is 17.6. The lowest BCUT2D eigenvalue weighted by atomic mass is 9.96. The highest BCUT2D eigenvalue weighted by Crippen LogP contribution is 2.32. The number of aliphatic hydroxyl groups is 10. The summed E-state index contributed by atoms with van der Waals surface area (Å²) >= 11 is 0. The van der Waals surface area contributed by atoms with Crippen LogP contribution in [0.5, 0.6) is 0 Å². The molecule has 3 fully saturated rings. The molecule has 0 bridgehead atoms. The van der Waals surface area contributed by atoms with Gasteiger partial charge in [0, 0.05) is 0 Å². The van der Waals surface area contributed by atoms with Gasteiger partial charge in [0.25, 0.3) is 0 Å². The second-order valence-electron chi connectivity index (χ2n) is 8.32. The summed E-state index contributed by atoms with van der Waals surface area (Å²) in [7, 11) is 0. The van der Waals surface area contributed by atoms with Gasteiger partial charge in [-0.15, -0.1) is 0 Å². The Bertz CT molecular complexity index is 624. The molecule has 0 amide bonds. The Morgan fingerprint density at radius 1 is 0.545 bits per heavy atom. The Hall–Kier alpha value is -0.600. The normalized spacial score (nSPS) is 53.7. The van der Waals surface area contributed by atoms with Crippen molar-refractivity contribution in [3.05, 3.63) is 0 Å². The van der Waals surface area contributed by atoms with Gasteiger partial charge in [0.05, 0.1) is 19.3 Å². The quantitative estimate of drug-likeness (QED) is 0.167. The number of ether oxygens (including phenoxy) is 5. The molecule has 3 aliphatic rings. The molecule has 3 rings (SSSR count). The van der Waals surface area contributed by atoms with Crippen LogP contribution in [0, 0.1) is 0 Å². The van der Waals surface area contributed by atoms with E-state index in [2.05, 4.69) is 0 Å². The van der Waals surface area contributed by atoms with Crippen LogP contribution in [-0.4, -0.2) is 156 Å². The molecule has 3 heterocycles. The standard InChI is InChI=1S/C18H32O15/c1-4-7(21)9(23)11(25)17(29-4)33-15-13(27)16(28)30-6(3-20)14(15)32-18-12(26)10(24)8(22)5(2-19)31-18/h4-28H,2-3H2,1H3/t4?,5-,6?,7+,8-,9-,10?,11?,12?,13-,14+,15?,16?,17-,18-/m0/s1. The van der Waals surface area contributed by atoms with E-state index in [1.54, 1.807) is 0 Å². The maximum absolute atomic E-state index is 10.5. The first-order valence-corrected chi connectivity index (χ1v) is 10.4. The van der Waals surface area contributed by atoms with Crippen LogP contribution in [0.25, 0.3) is 0 Å². The third-order valence-corrected chi connectivity index (χ3v) is 6.05. The molecule has 0 aromatic carbocycles. The molecule has 33 heavy (non-hydrogen) atoms. The molecule has 194 valence electrons. The van der Waals surface area contributed by atoms with Crippen LogP contribution >= 0.6 is 0 Å². The van der Waals surface area contributed by atoms with E-state index in [-0.39, 0.29) is 0 Å². The summed E-state index contributed by atoms with van der Waals surface area (Å²) in [4.78, 5) is 0. The summed E-state index contributed by atoms with van der Waals surface area (Å²) < 4.78 is 26.9. The second kappa shape index (κ2) is 11.0. The average Bonchev–Trinajstić information content (AvgIpc) is 2.80. The molecular formula is C18H32O15. The van der Waals surface area contributed by atoms with Crippen molar-refractivity contribution >= 4 is 0 Å². The molecule has 0 aromatic heterocycles. The predicted octanol–water partition coefficient (Wildman–Crippen LogP) is -6.55. The molecule has 0 aromatic rings. The Balaban J connectivity index is 1.83. The van der Waals surface area contributed by atoms with E-state index >= 15 is 0 Å². The van der Waals surface area contributed by atoms with Crippen molar-refractivity contribution in [3.8, 4) is 0 Å². The van der Waals surface area contributed by atoms with Gasteiger partial charge < -0.3 is 74.7 Å². The van der Waals surface area contributed by atoms with Crippen LogP contribution < -0.4 is 0 Å². The molecule has 7 unspecified atom stereocenters. The Kier molecular flexibility index (Phi) is 8.99. The van der Waals surface area contributed by atoms with Gasteiger partial charge in [-0.2, -0.15) is 0 Å². The van der Waals surface area contributed by atoms with Gasteiger partial charge in [-0.25, -0.2) is 0 Å². The maximum atomic E-state index is 10.5. The van der Waals surface area contributed by atoms with Crippen molar-refractivity contribution < 1.29 is 74.7 Å². The average molecular weight is 488 g/mol.